The van der Waals surface area contributed by atoms with Crippen LogP contribution in [0.15, 0.2) is 36.0 Å². The van der Waals surface area contributed by atoms with Crippen molar-refractivity contribution in [1.82, 2.24) is 14.9 Å². The van der Waals surface area contributed by atoms with E-state index in [1.54, 1.807) is 17.7 Å². The van der Waals surface area contributed by atoms with Crippen molar-refractivity contribution in [3.8, 4) is 11.1 Å². The van der Waals surface area contributed by atoms with E-state index in [0.29, 0.717) is 5.92 Å². The van der Waals surface area contributed by atoms with Crippen molar-refractivity contribution >= 4 is 27.4 Å². The number of aromatic nitrogens is 2. The van der Waals surface area contributed by atoms with Gasteiger partial charge in [-0.15, -0.1) is 11.3 Å². The van der Waals surface area contributed by atoms with Crippen LogP contribution in [0.5, 0.6) is 0 Å². The molecule has 0 spiro atoms. The van der Waals surface area contributed by atoms with Gasteiger partial charge in [-0.3, -0.25) is 0 Å². The van der Waals surface area contributed by atoms with Crippen LogP contribution in [0.4, 0.5) is 5.82 Å². The van der Waals surface area contributed by atoms with Gasteiger partial charge in [0.25, 0.3) is 0 Å². The fourth-order valence-corrected chi connectivity index (χ4v) is 4.29. The highest BCUT2D eigenvalue weighted by Gasteiger charge is 2.21. The van der Waals surface area contributed by atoms with Gasteiger partial charge in [0.15, 0.2) is 0 Å². The predicted octanol–water partition coefficient (Wildman–Crippen LogP) is 4.23. The maximum atomic E-state index is 4.66. The van der Waals surface area contributed by atoms with Gasteiger partial charge < -0.3 is 9.80 Å². The molecule has 25 heavy (non-hydrogen) atoms. The van der Waals surface area contributed by atoms with E-state index in [0.717, 1.165) is 36.8 Å². The quantitative estimate of drug-likeness (QED) is 0.706. The molecule has 1 fully saturated rings. The third-order valence-electron chi connectivity index (χ3n) is 5.04. The molecule has 4 rings (SSSR count). The summed E-state index contributed by atoms with van der Waals surface area (Å²) in [5.74, 6) is 1.64. The van der Waals surface area contributed by atoms with E-state index in [-0.39, 0.29) is 0 Å². The second kappa shape index (κ2) is 6.73. The Morgan fingerprint density at radius 2 is 1.72 bits per heavy atom. The van der Waals surface area contributed by atoms with Crippen LogP contribution in [0.25, 0.3) is 21.3 Å². The highest BCUT2D eigenvalue weighted by atomic mass is 32.1. The van der Waals surface area contributed by atoms with Crippen molar-refractivity contribution in [3.63, 3.8) is 0 Å². The fourth-order valence-electron chi connectivity index (χ4n) is 3.38. The topological polar surface area (TPSA) is 32.3 Å². The Hall–Kier alpha value is -1.98. The first kappa shape index (κ1) is 16.5. The van der Waals surface area contributed by atoms with Gasteiger partial charge in [0, 0.05) is 37.1 Å². The average Bonchev–Trinajstić information content (AvgIpc) is 3.07. The van der Waals surface area contributed by atoms with Crippen LogP contribution in [-0.4, -0.2) is 48.1 Å². The SMILES string of the molecule is CC(C)c1ccc(-c2csc3ncnc(N4CCN(C)CC4)c23)cc1. The zero-order valence-corrected chi connectivity index (χ0v) is 15.9. The zero-order chi connectivity index (χ0) is 17.4. The van der Waals surface area contributed by atoms with Crippen LogP contribution in [0.2, 0.25) is 0 Å². The summed E-state index contributed by atoms with van der Waals surface area (Å²) in [6.07, 6.45) is 1.71. The van der Waals surface area contributed by atoms with Crippen LogP contribution in [0.3, 0.4) is 0 Å². The molecule has 0 aliphatic carbocycles. The molecule has 1 aliphatic heterocycles. The number of likely N-dealkylation sites (N-methyl/N-ethyl adjacent to an activating group) is 1. The number of fused-ring (bicyclic) bond motifs is 1. The Labute approximate surface area is 153 Å². The lowest BCUT2D eigenvalue weighted by Crippen LogP contribution is -2.44. The van der Waals surface area contributed by atoms with Crippen molar-refractivity contribution in [3.05, 3.63) is 41.5 Å². The van der Waals surface area contributed by atoms with Crippen molar-refractivity contribution < 1.29 is 0 Å². The number of anilines is 1. The first-order valence-electron chi connectivity index (χ1n) is 8.89. The Bertz CT molecular complexity index is 861. The molecule has 3 heterocycles. The Kier molecular flexibility index (Phi) is 4.44. The first-order valence-corrected chi connectivity index (χ1v) is 9.77. The third-order valence-corrected chi connectivity index (χ3v) is 5.93. The zero-order valence-electron chi connectivity index (χ0n) is 15.1. The summed E-state index contributed by atoms with van der Waals surface area (Å²) in [6, 6.07) is 8.95. The van der Waals surface area contributed by atoms with Gasteiger partial charge >= 0.3 is 0 Å². The van der Waals surface area contributed by atoms with E-state index < -0.39 is 0 Å². The van der Waals surface area contributed by atoms with Crippen LogP contribution >= 0.6 is 11.3 Å². The minimum absolute atomic E-state index is 0.553. The number of nitrogens with zero attached hydrogens (tertiary/aromatic N) is 4. The largest absolute Gasteiger partial charge is 0.353 e. The second-order valence-electron chi connectivity index (χ2n) is 7.09. The van der Waals surface area contributed by atoms with E-state index in [4.69, 9.17) is 0 Å². The number of hydrogen-bond donors (Lipinski definition) is 0. The molecule has 0 amide bonds. The smallest absolute Gasteiger partial charge is 0.141 e. The van der Waals surface area contributed by atoms with Gasteiger partial charge in [0.2, 0.25) is 0 Å². The van der Waals surface area contributed by atoms with E-state index >= 15 is 0 Å². The van der Waals surface area contributed by atoms with E-state index in [1.807, 2.05) is 0 Å². The number of rotatable bonds is 3. The van der Waals surface area contributed by atoms with Gasteiger partial charge in [-0.05, 0) is 24.1 Å². The Morgan fingerprint density at radius 1 is 1.00 bits per heavy atom. The Balaban J connectivity index is 1.77. The molecule has 0 unspecified atom stereocenters. The first-order chi connectivity index (χ1) is 12.1. The summed E-state index contributed by atoms with van der Waals surface area (Å²) >= 11 is 1.71. The number of benzene rings is 1. The summed E-state index contributed by atoms with van der Waals surface area (Å²) in [4.78, 5) is 15.0. The highest BCUT2D eigenvalue weighted by molar-refractivity contribution is 7.17. The van der Waals surface area contributed by atoms with Crippen LogP contribution in [0, 0.1) is 0 Å². The molecule has 4 nitrogen and oxygen atoms in total. The molecule has 0 atom stereocenters. The second-order valence-corrected chi connectivity index (χ2v) is 7.95. The lowest BCUT2D eigenvalue weighted by molar-refractivity contribution is 0.312. The van der Waals surface area contributed by atoms with Crippen molar-refractivity contribution in [2.24, 2.45) is 0 Å². The normalized spacial score (nSPS) is 16.1. The van der Waals surface area contributed by atoms with Crippen LogP contribution < -0.4 is 4.90 Å². The minimum atomic E-state index is 0.553. The van der Waals surface area contributed by atoms with Gasteiger partial charge in [0.1, 0.15) is 17.0 Å². The van der Waals surface area contributed by atoms with Gasteiger partial charge in [0.05, 0.1) is 5.39 Å². The summed E-state index contributed by atoms with van der Waals surface area (Å²) in [5, 5.41) is 3.43. The van der Waals surface area contributed by atoms with Gasteiger partial charge in [-0.2, -0.15) is 0 Å². The van der Waals surface area contributed by atoms with Gasteiger partial charge in [-0.1, -0.05) is 38.1 Å². The minimum Gasteiger partial charge on any atom is -0.353 e. The molecular formula is C20H24N4S. The van der Waals surface area contributed by atoms with E-state index in [9.17, 15) is 0 Å². The average molecular weight is 353 g/mol. The third kappa shape index (κ3) is 3.14. The lowest BCUT2D eigenvalue weighted by atomic mass is 9.99. The maximum Gasteiger partial charge on any atom is 0.141 e. The Morgan fingerprint density at radius 3 is 2.40 bits per heavy atom. The highest BCUT2D eigenvalue weighted by Crippen LogP contribution is 2.38. The number of hydrogen-bond acceptors (Lipinski definition) is 5. The predicted molar refractivity (Wildman–Crippen MR) is 107 cm³/mol. The standard InChI is InChI=1S/C20H24N4S/c1-14(2)15-4-6-16(7-5-15)17-12-25-20-18(17)19(21-13-22-20)24-10-8-23(3)9-11-24/h4-7,12-14H,8-11H2,1-3H3. The molecule has 1 aliphatic rings. The molecule has 130 valence electrons. The molecule has 0 bridgehead atoms. The van der Waals surface area contributed by atoms with Crippen LogP contribution in [0.1, 0.15) is 25.3 Å². The molecule has 2 aromatic heterocycles. The lowest BCUT2D eigenvalue weighted by Gasteiger charge is -2.33. The number of piperazine rings is 1. The van der Waals surface area contributed by atoms with Crippen molar-refractivity contribution in [1.29, 1.82) is 0 Å². The van der Waals surface area contributed by atoms with Crippen LogP contribution in [-0.2, 0) is 0 Å². The molecule has 0 saturated carbocycles. The van der Waals surface area contributed by atoms with E-state index in [2.05, 4.69) is 70.3 Å². The van der Waals surface area contributed by atoms with Crippen molar-refractivity contribution in [2.75, 3.05) is 38.1 Å². The summed E-state index contributed by atoms with van der Waals surface area (Å²) < 4.78 is 0. The monoisotopic (exact) mass is 352 g/mol. The number of thiophene rings is 1. The molecule has 5 heteroatoms. The molecule has 0 radical (unpaired) electrons. The fraction of sp³-hybridized carbons (Fsp3) is 0.400. The summed E-state index contributed by atoms with van der Waals surface area (Å²) in [7, 11) is 2.18. The van der Waals surface area contributed by atoms with Crippen molar-refractivity contribution in [2.45, 2.75) is 19.8 Å². The molecule has 1 saturated heterocycles. The van der Waals surface area contributed by atoms with E-state index in [1.165, 1.54) is 22.1 Å². The molecule has 1 aromatic carbocycles. The summed E-state index contributed by atoms with van der Waals surface area (Å²) in [6.45, 7) is 8.65. The molecule has 0 N–H and O–H groups in total. The molecule has 3 aromatic rings. The van der Waals surface area contributed by atoms with Gasteiger partial charge in [-0.25, -0.2) is 9.97 Å². The summed E-state index contributed by atoms with van der Waals surface area (Å²) in [5.41, 5.74) is 3.88. The molecular weight excluding hydrogens is 328 g/mol. The maximum absolute atomic E-state index is 4.66.